The number of hydrogen-bond acceptors (Lipinski definition) is 3. The molecular weight excluding hydrogens is 157 g/mol. The molecule has 0 saturated carbocycles. The van der Waals surface area contributed by atoms with Gasteiger partial charge in [-0.1, -0.05) is 0 Å². The highest BCUT2D eigenvalue weighted by molar-refractivity contribution is 5.62. The summed E-state index contributed by atoms with van der Waals surface area (Å²) in [4.78, 5) is 7.68. The molecule has 62 valence electrons. The van der Waals surface area contributed by atoms with Crippen LogP contribution in [0.5, 0.6) is 0 Å². The molecular formula is C8H8FN3. The van der Waals surface area contributed by atoms with Crippen molar-refractivity contribution in [3.05, 3.63) is 29.8 Å². The topological polar surface area (TPSA) is 37.3 Å². The molecule has 0 fully saturated rings. The molecule has 12 heavy (non-hydrogen) atoms. The Labute approximate surface area is 69.4 Å². The van der Waals surface area contributed by atoms with Gasteiger partial charge in [-0.3, -0.25) is 10.3 Å². The van der Waals surface area contributed by atoms with Gasteiger partial charge in [-0.15, -0.1) is 0 Å². The second-order valence-corrected chi connectivity index (χ2v) is 2.56. The van der Waals surface area contributed by atoms with Crippen LogP contribution in [-0.4, -0.2) is 17.7 Å². The van der Waals surface area contributed by atoms with E-state index in [9.17, 15) is 4.39 Å². The molecule has 3 nitrogen and oxygen atoms in total. The van der Waals surface area contributed by atoms with Crippen molar-refractivity contribution in [1.82, 2.24) is 10.3 Å². The molecule has 0 bridgehead atoms. The van der Waals surface area contributed by atoms with E-state index >= 15 is 0 Å². The van der Waals surface area contributed by atoms with Crippen LogP contribution in [0.15, 0.2) is 23.3 Å². The van der Waals surface area contributed by atoms with Gasteiger partial charge in [0.2, 0.25) is 5.95 Å². The van der Waals surface area contributed by atoms with E-state index < -0.39 is 5.95 Å². The predicted octanol–water partition coefficient (Wildman–Crippen LogP) is 0.893. The molecule has 0 spiro atoms. The minimum absolute atomic E-state index is 0.0434. The van der Waals surface area contributed by atoms with Crippen LogP contribution in [0, 0.1) is 5.95 Å². The van der Waals surface area contributed by atoms with E-state index in [2.05, 4.69) is 15.3 Å². The lowest BCUT2D eigenvalue weighted by atomic mass is 10.2. The maximum atomic E-state index is 12.4. The number of aliphatic imine (C=N–C) groups is 1. The minimum Gasteiger partial charge on any atom is -0.287 e. The molecule has 0 radical (unpaired) electrons. The Morgan fingerprint density at radius 2 is 2.42 bits per heavy atom. The van der Waals surface area contributed by atoms with E-state index in [-0.39, 0.29) is 6.17 Å². The van der Waals surface area contributed by atoms with E-state index in [1.54, 1.807) is 12.3 Å². The summed E-state index contributed by atoms with van der Waals surface area (Å²) in [5.74, 6) is -0.458. The van der Waals surface area contributed by atoms with Crippen LogP contribution in [0.25, 0.3) is 0 Å². The SMILES string of the molecule is Fc1ccc(C2N=CCN2)cn1. The van der Waals surface area contributed by atoms with Crippen LogP contribution in [0.2, 0.25) is 0 Å². The van der Waals surface area contributed by atoms with Crippen LogP contribution < -0.4 is 5.32 Å². The Morgan fingerprint density at radius 1 is 1.50 bits per heavy atom. The third-order valence-electron chi connectivity index (χ3n) is 1.72. The van der Waals surface area contributed by atoms with E-state index in [1.807, 2.05) is 0 Å². The maximum absolute atomic E-state index is 12.4. The van der Waals surface area contributed by atoms with Gasteiger partial charge in [-0.2, -0.15) is 4.39 Å². The number of hydrogen-bond donors (Lipinski definition) is 1. The van der Waals surface area contributed by atoms with Crippen molar-refractivity contribution in [1.29, 1.82) is 0 Å². The van der Waals surface area contributed by atoms with Crippen molar-refractivity contribution in [2.75, 3.05) is 6.54 Å². The van der Waals surface area contributed by atoms with Crippen LogP contribution in [0.1, 0.15) is 11.7 Å². The standard InChI is InChI=1S/C8H8FN3/c9-7-2-1-6(5-12-7)8-10-3-4-11-8/h1-3,5,8,11H,4H2. The maximum Gasteiger partial charge on any atom is 0.212 e. The lowest BCUT2D eigenvalue weighted by molar-refractivity contribution is 0.575. The summed E-state index contributed by atoms with van der Waals surface area (Å²) in [5, 5.41) is 3.11. The summed E-state index contributed by atoms with van der Waals surface area (Å²) in [6, 6.07) is 3.02. The zero-order chi connectivity index (χ0) is 8.39. The van der Waals surface area contributed by atoms with Crippen LogP contribution >= 0.6 is 0 Å². The molecule has 0 aromatic carbocycles. The van der Waals surface area contributed by atoms with Crippen LogP contribution in [-0.2, 0) is 0 Å². The number of nitrogens with one attached hydrogen (secondary N) is 1. The van der Waals surface area contributed by atoms with Gasteiger partial charge in [0, 0.05) is 24.5 Å². The summed E-state index contributed by atoms with van der Waals surface area (Å²) < 4.78 is 12.4. The zero-order valence-corrected chi connectivity index (χ0v) is 6.37. The number of pyridine rings is 1. The Bertz CT molecular complexity index is 294. The smallest absolute Gasteiger partial charge is 0.212 e. The van der Waals surface area contributed by atoms with Crippen molar-refractivity contribution in [3.63, 3.8) is 0 Å². The Morgan fingerprint density at radius 3 is 3.00 bits per heavy atom. The van der Waals surface area contributed by atoms with Gasteiger partial charge >= 0.3 is 0 Å². The second-order valence-electron chi connectivity index (χ2n) is 2.56. The fourth-order valence-corrected chi connectivity index (χ4v) is 1.13. The molecule has 1 N–H and O–H groups in total. The van der Waals surface area contributed by atoms with Gasteiger partial charge in [-0.05, 0) is 12.1 Å². The van der Waals surface area contributed by atoms with E-state index in [0.29, 0.717) is 0 Å². The first-order valence-corrected chi connectivity index (χ1v) is 3.73. The highest BCUT2D eigenvalue weighted by Gasteiger charge is 2.11. The van der Waals surface area contributed by atoms with Gasteiger partial charge in [0.05, 0.1) is 0 Å². The van der Waals surface area contributed by atoms with Gasteiger partial charge in [-0.25, -0.2) is 4.98 Å². The number of aromatic nitrogens is 1. The molecule has 1 aromatic heterocycles. The zero-order valence-electron chi connectivity index (χ0n) is 6.37. The van der Waals surface area contributed by atoms with Gasteiger partial charge in [0.25, 0.3) is 0 Å². The number of rotatable bonds is 1. The Hall–Kier alpha value is -1.29. The third-order valence-corrected chi connectivity index (χ3v) is 1.72. The molecule has 0 saturated heterocycles. The molecule has 1 aliphatic rings. The van der Waals surface area contributed by atoms with E-state index in [4.69, 9.17) is 0 Å². The quantitative estimate of drug-likeness (QED) is 0.627. The molecule has 1 unspecified atom stereocenters. The van der Waals surface area contributed by atoms with Gasteiger partial charge in [0.1, 0.15) is 6.17 Å². The summed E-state index contributed by atoms with van der Waals surface area (Å²) in [7, 11) is 0. The Balaban J connectivity index is 2.23. The summed E-state index contributed by atoms with van der Waals surface area (Å²) in [5.41, 5.74) is 0.894. The normalized spacial score (nSPS) is 21.6. The average molecular weight is 165 g/mol. The molecule has 0 aliphatic carbocycles. The fourth-order valence-electron chi connectivity index (χ4n) is 1.13. The molecule has 2 heterocycles. The van der Waals surface area contributed by atoms with Crippen LogP contribution in [0.4, 0.5) is 4.39 Å². The van der Waals surface area contributed by atoms with Crippen molar-refractivity contribution in [3.8, 4) is 0 Å². The van der Waals surface area contributed by atoms with E-state index in [0.717, 1.165) is 12.1 Å². The minimum atomic E-state index is -0.458. The lowest BCUT2D eigenvalue weighted by Crippen LogP contribution is -2.14. The average Bonchev–Trinajstić information content (AvgIpc) is 2.58. The highest BCUT2D eigenvalue weighted by atomic mass is 19.1. The first-order valence-electron chi connectivity index (χ1n) is 3.73. The van der Waals surface area contributed by atoms with E-state index in [1.165, 1.54) is 12.3 Å². The molecule has 1 aliphatic heterocycles. The summed E-state index contributed by atoms with van der Waals surface area (Å²) in [6.45, 7) is 0.766. The first-order chi connectivity index (χ1) is 5.86. The van der Waals surface area contributed by atoms with Crippen molar-refractivity contribution >= 4 is 6.21 Å². The lowest BCUT2D eigenvalue weighted by Gasteiger charge is -2.06. The van der Waals surface area contributed by atoms with Crippen molar-refractivity contribution in [2.24, 2.45) is 4.99 Å². The summed E-state index contributed by atoms with van der Waals surface area (Å²) in [6.07, 6.45) is 3.25. The first kappa shape index (κ1) is 7.36. The summed E-state index contributed by atoms with van der Waals surface area (Å²) >= 11 is 0. The molecule has 4 heteroatoms. The largest absolute Gasteiger partial charge is 0.287 e. The number of halogens is 1. The number of nitrogens with zero attached hydrogens (tertiary/aromatic N) is 2. The molecule has 0 amide bonds. The molecule has 1 atom stereocenters. The molecule has 2 rings (SSSR count). The second kappa shape index (κ2) is 2.98. The highest BCUT2D eigenvalue weighted by Crippen LogP contribution is 2.14. The fraction of sp³-hybridized carbons (Fsp3) is 0.250. The van der Waals surface area contributed by atoms with Crippen molar-refractivity contribution < 1.29 is 4.39 Å². The van der Waals surface area contributed by atoms with Gasteiger partial charge in [0.15, 0.2) is 0 Å². The van der Waals surface area contributed by atoms with Crippen LogP contribution in [0.3, 0.4) is 0 Å². The Kier molecular flexibility index (Phi) is 1.83. The third kappa shape index (κ3) is 1.33. The molecule has 1 aromatic rings. The predicted molar refractivity (Wildman–Crippen MR) is 43.4 cm³/mol. The monoisotopic (exact) mass is 165 g/mol. The van der Waals surface area contributed by atoms with Crippen molar-refractivity contribution in [2.45, 2.75) is 6.17 Å². The van der Waals surface area contributed by atoms with Gasteiger partial charge < -0.3 is 0 Å².